The summed E-state index contributed by atoms with van der Waals surface area (Å²) in [6.45, 7) is 5.83. The molecule has 0 bridgehead atoms. The summed E-state index contributed by atoms with van der Waals surface area (Å²) in [5.74, 6) is 0.203. The SMILES string of the molecule is CC(C)(C)CNc1ccc(S(C)(=O)=O)cc1OCF. The number of rotatable bonds is 5. The molecule has 0 aliphatic heterocycles. The predicted octanol–water partition coefficient (Wildman–Crippen LogP) is 2.85. The molecule has 108 valence electrons. The van der Waals surface area contributed by atoms with Crippen molar-refractivity contribution in [3.05, 3.63) is 18.2 Å². The zero-order valence-electron chi connectivity index (χ0n) is 11.7. The minimum absolute atomic E-state index is 0.0441. The molecule has 0 atom stereocenters. The van der Waals surface area contributed by atoms with Crippen LogP contribution in [0.1, 0.15) is 20.8 Å². The van der Waals surface area contributed by atoms with E-state index in [0.717, 1.165) is 6.26 Å². The molecule has 0 aliphatic rings. The van der Waals surface area contributed by atoms with Crippen molar-refractivity contribution in [3.8, 4) is 5.75 Å². The average Bonchev–Trinajstić information content (AvgIpc) is 2.25. The van der Waals surface area contributed by atoms with Crippen molar-refractivity contribution in [1.29, 1.82) is 0 Å². The van der Waals surface area contributed by atoms with Crippen LogP contribution in [0.15, 0.2) is 23.1 Å². The van der Waals surface area contributed by atoms with E-state index in [9.17, 15) is 12.8 Å². The Morgan fingerprint density at radius 2 is 1.95 bits per heavy atom. The first kappa shape index (κ1) is 15.8. The molecule has 4 nitrogen and oxygen atoms in total. The Bertz CT molecular complexity index is 535. The number of ether oxygens (including phenoxy) is 1. The molecule has 1 N–H and O–H groups in total. The minimum atomic E-state index is -3.33. The van der Waals surface area contributed by atoms with Crippen molar-refractivity contribution in [1.82, 2.24) is 0 Å². The highest BCUT2D eigenvalue weighted by molar-refractivity contribution is 7.90. The number of benzene rings is 1. The first-order valence-electron chi connectivity index (χ1n) is 5.90. The van der Waals surface area contributed by atoms with Gasteiger partial charge in [-0.05, 0) is 17.5 Å². The van der Waals surface area contributed by atoms with E-state index in [-0.39, 0.29) is 16.1 Å². The average molecular weight is 289 g/mol. The van der Waals surface area contributed by atoms with Crippen LogP contribution in [0.25, 0.3) is 0 Å². The monoisotopic (exact) mass is 289 g/mol. The van der Waals surface area contributed by atoms with Gasteiger partial charge >= 0.3 is 0 Å². The van der Waals surface area contributed by atoms with E-state index < -0.39 is 16.7 Å². The normalized spacial score (nSPS) is 12.3. The molecule has 0 aliphatic carbocycles. The number of halogens is 1. The van der Waals surface area contributed by atoms with Crippen LogP contribution >= 0.6 is 0 Å². The smallest absolute Gasteiger partial charge is 0.228 e. The van der Waals surface area contributed by atoms with Crippen LogP contribution in [-0.2, 0) is 9.84 Å². The Morgan fingerprint density at radius 3 is 2.42 bits per heavy atom. The van der Waals surface area contributed by atoms with Crippen molar-refractivity contribution in [2.45, 2.75) is 25.7 Å². The van der Waals surface area contributed by atoms with Gasteiger partial charge in [-0.2, -0.15) is 0 Å². The standard InChI is InChI=1S/C13H20FNO3S/c1-13(2,3)8-15-11-6-5-10(19(4,16)17)7-12(11)18-9-14/h5-7,15H,8-9H2,1-4H3. The molecule has 0 fully saturated rings. The third-order valence-electron chi connectivity index (χ3n) is 2.40. The van der Waals surface area contributed by atoms with Crippen molar-refractivity contribution in [3.63, 3.8) is 0 Å². The second-order valence-corrected chi connectivity index (χ2v) is 7.61. The van der Waals surface area contributed by atoms with Crippen molar-refractivity contribution in [2.24, 2.45) is 5.41 Å². The molecule has 0 saturated carbocycles. The molecule has 0 aromatic heterocycles. The zero-order valence-corrected chi connectivity index (χ0v) is 12.5. The lowest BCUT2D eigenvalue weighted by Crippen LogP contribution is -2.19. The highest BCUT2D eigenvalue weighted by Crippen LogP contribution is 2.29. The third-order valence-corrected chi connectivity index (χ3v) is 3.51. The maximum Gasteiger partial charge on any atom is 0.228 e. The van der Waals surface area contributed by atoms with E-state index in [4.69, 9.17) is 4.74 Å². The topological polar surface area (TPSA) is 55.4 Å². The van der Waals surface area contributed by atoms with Gasteiger partial charge < -0.3 is 10.1 Å². The highest BCUT2D eigenvalue weighted by atomic mass is 32.2. The fourth-order valence-electron chi connectivity index (χ4n) is 1.42. The van der Waals surface area contributed by atoms with E-state index in [1.165, 1.54) is 12.1 Å². The molecular formula is C13H20FNO3S. The molecule has 1 aromatic rings. The molecule has 0 heterocycles. The van der Waals surface area contributed by atoms with E-state index >= 15 is 0 Å². The predicted molar refractivity (Wildman–Crippen MR) is 74.1 cm³/mol. The number of hydrogen-bond acceptors (Lipinski definition) is 4. The summed E-state index contributed by atoms with van der Waals surface area (Å²) in [7, 11) is -3.33. The maximum atomic E-state index is 12.4. The summed E-state index contributed by atoms with van der Waals surface area (Å²) in [6.07, 6.45) is 1.10. The quantitative estimate of drug-likeness (QED) is 0.905. The van der Waals surface area contributed by atoms with E-state index in [1.54, 1.807) is 6.07 Å². The van der Waals surface area contributed by atoms with E-state index in [2.05, 4.69) is 26.1 Å². The lowest BCUT2D eigenvalue weighted by Gasteiger charge is -2.21. The number of hydrogen-bond donors (Lipinski definition) is 1. The molecule has 1 aromatic carbocycles. The van der Waals surface area contributed by atoms with Gasteiger partial charge in [-0.25, -0.2) is 12.8 Å². The van der Waals surface area contributed by atoms with Crippen LogP contribution < -0.4 is 10.1 Å². The lowest BCUT2D eigenvalue weighted by atomic mass is 9.97. The van der Waals surface area contributed by atoms with Crippen LogP contribution in [0.2, 0.25) is 0 Å². The van der Waals surface area contributed by atoms with Crippen LogP contribution in [0.3, 0.4) is 0 Å². The summed E-state index contributed by atoms with van der Waals surface area (Å²) in [5.41, 5.74) is 0.627. The van der Waals surface area contributed by atoms with Gasteiger partial charge in [0.05, 0.1) is 10.6 Å². The number of sulfone groups is 1. The van der Waals surface area contributed by atoms with Crippen LogP contribution in [-0.4, -0.2) is 28.1 Å². The van der Waals surface area contributed by atoms with Gasteiger partial charge in [0, 0.05) is 18.9 Å². The van der Waals surface area contributed by atoms with Gasteiger partial charge in [-0.3, -0.25) is 0 Å². The second-order valence-electron chi connectivity index (χ2n) is 5.60. The van der Waals surface area contributed by atoms with E-state index in [1.807, 2.05) is 0 Å². The Morgan fingerprint density at radius 1 is 1.32 bits per heavy atom. The summed E-state index contributed by atoms with van der Waals surface area (Å²) in [4.78, 5) is 0.109. The molecule has 1 rings (SSSR count). The Labute approximate surface area is 113 Å². The first-order valence-corrected chi connectivity index (χ1v) is 7.79. The largest absolute Gasteiger partial charge is 0.461 e. The van der Waals surface area contributed by atoms with E-state index in [0.29, 0.717) is 12.2 Å². The van der Waals surface area contributed by atoms with Crippen molar-refractivity contribution >= 4 is 15.5 Å². The maximum absolute atomic E-state index is 12.4. The summed E-state index contributed by atoms with van der Waals surface area (Å²) >= 11 is 0. The van der Waals surface area contributed by atoms with Gasteiger partial charge in [0.15, 0.2) is 9.84 Å². The Balaban J connectivity index is 3.05. The highest BCUT2D eigenvalue weighted by Gasteiger charge is 2.14. The second kappa shape index (κ2) is 5.77. The number of nitrogens with one attached hydrogen (secondary N) is 1. The fraction of sp³-hybridized carbons (Fsp3) is 0.538. The third kappa shape index (κ3) is 5.06. The summed E-state index contributed by atoms with van der Waals surface area (Å²) in [5, 5.41) is 3.13. The van der Waals surface area contributed by atoms with Crippen LogP contribution in [0, 0.1) is 5.41 Å². The van der Waals surface area contributed by atoms with Gasteiger partial charge in [0.25, 0.3) is 0 Å². The number of anilines is 1. The molecule has 0 saturated heterocycles. The molecule has 0 radical (unpaired) electrons. The van der Waals surface area contributed by atoms with Gasteiger partial charge in [0.1, 0.15) is 5.75 Å². The first-order chi connectivity index (χ1) is 8.63. The van der Waals surface area contributed by atoms with Gasteiger partial charge in [-0.1, -0.05) is 20.8 Å². The molecule has 0 amide bonds. The van der Waals surface area contributed by atoms with Crippen LogP contribution in [0.5, 0.6) is 5.75 Å². The minimum Gasteiger partial charge on any atom is -0.461 e. The van der Waals surface area contributed by atoms with Crippen LogP contribution in [0.4, 0.5) is 10.1 Å². The van der Waals surface area contributed by atoms with Gasteiger partial charge in [0.2, 0.25) is 6.86 Å². The van der Waals surface area contributed by atoms with Crippen molar-refractivity contribution < 1.29 is 17.5 Å². The molecule has 19 heavy (non-hydrogen) atoms. The molecule has 6 heteroatoms. The fourth-order valence-corrected chi connectivity index (χ4v) is 2.05. The van der Waals surface area contributed by atoms with Crippen molar-refractivity contribution in [2.75, 3.05) is 25.0 Å². The molecular weight excluding hydrogens is 269 g/mol. The number of alkyl halides is 1. The summed E-state index contributed by atoms with van der Waals surface area (Å²) < 4.78 is 40.1. The lowest BCUT2D eigenvalue weighted by molar-refractivity contribution is 0.192. The Kier molecular flexibility index (Phi) is 4.79. The Hall–Kier alpha value is -1.30. The zero-order chi connectivity index (χ0) is 14.7. The molecule has 0 unspecified atom stereocenters. The summed E-state index contributed by atoms with van der Waals surface area (Å²) in [6, 6.07) is 4.40. The molecule has 0 spiro atoms. The van der Waals surface area contributed by atoms with Gasteiger partial charge in [-0.15, -0.1) is 0 Å².